The van der Waals surface area contributed by atoms with Gasteiger partial charge >= 0.3 is 5.97 Å². The number of nitriles is 1. The largest absolute Gasteiger partial charge is 0.449 e. The first-order valence-corrected chi connectivity index (χ1v) is 10.9. The Morgan fingerprint density at radius 3 is 2.63 bits per heavy atom. The molecular formula is C24H27N3O3. The maximum atomic E-state index is 13.2. The summed E-state index contributed by atoms with van der Waals surface area (Å²) in [5.74, 6) is -0.914. The van der Waals surface area contributed by atoms with Crippen LogP contribution in [0.5, 0.6) is 0 Å². The van der Waals surface area contributed by atoms with Gasteiger partial charge in [-0.15, -0.1) is 0 Å². The van der Waals surface area contributed by atoms with Gasteiger partial charge in [-0.1, -0.05) is 37.5 Å². The number of aryl methyl sites for hydroxylation is 1. The number of rotatable bonds is 4. The summed E-state index contributed by atoms with van der Waals surface area (Å²) in [5, 5.41) is 13.2. The lowest BCUT2D eigenvalue weighted by Gasteiger charge is -2.32. The van der Waals surface area contributed by atoms with Crippen LogP contribution in [0.3, 0.4) is 0 Å². The number of pyridine rings is 1. The summed E-state index contributed by atoms with van der Waals surface area (Å²) >= 11 is 0. The summed E-state index contributed by atoms with van der Waals surface area (Å²) in [5.41, 5.74) is 2.35. The number of carbonyl (C=O) groups excluding carboxylic acids is 2. The number of benzene rings is 1. The molecule has 0 spiro atoms. The molecule has 6 nitrogen and oxygen atoms in total. The predicted molar refractivity (Wildman–Crippen MR) is 113 cm³/mol. The van der Waals surface area contributed by atoms with Gasteiger partial charge in [0.05, 0.1) is 17.1 Å². The Morgan fingerprint density at radius 2 is 1.87 bits per heavy atom. The standard InChI is InChI=1S/C24H27N3O3/c1-16(22(28)27-24(15-25)13-7-2-8-14-24)30-23(29)21-17-9-3-5-11-19(17)26-20-12-6-4-10-18(20)21/h3,5,9,11,16H,2,4,6-8,10,12-14H2,1H3,(H,27,28)/t16-/m1/s1. The number of hydrogen-bond donors (Lipinski definition) is 1. The van der Waals surface area contributed by atoms with Crippen LogP contribution in [0.1, 0.15) is 73.5 Å². The van der Waals surface area contributed by atoms with E-state index in [9.17, 15) is 14.9 Å². The smallest absolute Gasteiger partial charge is 0.339 e. The number of fused-ring (bicyclic) bond motifs is 2. The Labute approximate surface area is 176 Å². The summed E-state index contributed by atoms with van der Waals surface area (Å²) in [6, 6.07) is 9.84. The molecule has 156 valence electrons. The zero-order chi connectivity index (χ0) is 21.1. The van der Waals surface area contributed by atoms with E-state index >= 15 is 0 Å². The Morgan fingerprint density at radius 1 is 1.13 bits per heavy atom. The van der Waals surface area contributed by atoms with Gasteiger partial charge in [0.2, 0.25) is 0 Å². The highest BCUT2D eigenvalue weighted by atomic mass is 16.5. The van der Waals surface area contributed by atoms with Crippen molar-refractivity contribution >= 4 is 22.8 Å². The molecule has 6 heteroatoms. The topological polar surface area (TPSA) is 92.1 Å². The van der Waals surface area contributed by atoms with Crippen LogP contribution in [0, 0.1) is 11.3 Å². The number of carbonyl (C=O) groups is 2. The Kier molecular flexibility index (Phi) is 5.72. The van der Waals surface area contributed by atoms with Gasteiger partial charge in [0.1, 0.15) is 5.54 Å². The highest BCUT2D eigenvalue weighted by molar-refractivity contribution is 6.05. The average molecular weight is 405 g/mol. The number of para-hydroxylation sites is 1. The summed E-state index contributed by atoms with van der Waals surface area (Å²) in [4.78, 5) is 30.7. The average Bonchev–Trinajstić information content (AvgIpc) is 2.77. The van der Waals surface area contributed by atoms with Crippen molar-refractivity contribution in [3.05, 3.63) is 41.1 Å². The van der Waals surface area contributed by atoms with E-state index in [0.29, 0.717) is 18.4 Å². The Bertz CT molecular complexity index is 1020. The van der Waals surface area contributed by atoms with Gasteiger partial charge in [0.25, 0.3) is 5.91 Å². The van der Waals surface area contributed by atoms with E-state index in [1.807, 2.05) is 24.3 Å². The van der Waals surface area contributed by atoms with E-state index < -0.39 is 23.5 Å². The van der Waals surface area contributed by atoms with E-state index in [2.05, 4.69) is 11.4 Å². The molecule has 0 unspecified atom stereocenters. The molecule has 2 aliphatic rings. The van der Waals surface area contributed by atoms with Crippen LogP contribution < -0.4 is 5.32 Å². The lowest BCUT2D eigenvalue weighted by Crippen LogP contribution is -2.52. The van der Waals surface area contributed by atoms with E-state index in [0.717, 1.165) is 67.1 Å². The molecule has 2 aromatic rings. The van der Waals surface area contributed by atoms with Gasteiger partial charge in [-0.25, -0.2) is 4.79 Å². The fraction of sp³-hybridized carbons (Fsp3) is 0.500. The molecule has 1 saturated carbocycles. The first kappa shape index (κ1) is 20.3. The number of aromatic nitrogens is 1. The first-order chi connectivity index (χ1) is 14.5. The minimum Gasteiger partial charge on any atom is -0.449 e. The lowest BCUT2D eigenvalue weighted by molar-refractivity contribution is -0.130. The predicted octanol–water partition coefficient (Wildman–Crippen LogP) is 4.00. The summed E-state index contributed by atoms with van der Waals surface area (Å²) in [7, 11) is 0. The van der Waals surface area contributed by atoms with E-state index in [1.54, 1.807) is 6.92 Å². The molecule has 1 atom stereocenters. The van der Waals surface area contributed by atoms with Crippen molar-refractivity contribution in [1.82, 2.24) is 10.3 Å². The van der Waals surface area contributed by atoms with Crippen molar-refractivity contribution in [3.63, 3.8) is 0 Å². The third-order valence-electron chi connectivity index (χ3n) is 6.31. The van der Waals surface area contributed by atoms with Crippen LogP contribution >= 0.6 is 0 Å². The second kappa shape index (κ2) is 8.43. The molecule has 2 aliphatic carbocycles. The second-order valence-electron chi connectivity index (χ2n) is 8.43. The number of ether oxygens (including phenoxy) is 1. The maximum Gasteiger partial charge on any atom is 0.339 e. The molecule has 0 saturated heterocycles. The molecular weight excluding hydrogens is 378 g/mol. The lowest BCUT2D eigenvalue weighted by atomic mass is 9.82. The zero-order valence-electron chi connectivity index (χ0n) is 17.4. The van der Waals surface area contributed by atoms with Gasteiger partial charge in [-0.2, -0.15) is 5.26 Å². The van der Waals surface area contributed by atoms with Crippen molar-refractivity contribution in [1.29, 1.82) is 5.26 Å². The maximum absolute atomic E-state index is 13.2. The first-order valence-electron chi connectivity index (χ1n) is 10.9. The SMILES string of the molecule is C[C@@H](OC(=O)c1c2c(nc3ccccc13)CCCC2)C(=O)NC1(C#N)CCCCC1. The molecule has 1 aromatic carbocycles. The van der Waals surface area contributed by atoms with Gasteiger partial charge in [0.15, 0.2) is 6.10 Å². The molecule has 1 aromatic heterocycles. The number of nitrogens with zero attached hydrogens (tertiary/aromatic N) is 2. The molecule has 0 aliphatic heterocycles. The summed E-state index contributed by atoms with van der Waals surface area (Å²) < 4.78 is 5.62. The van der Waals surface area contributed by atoms with Crippen LogP contribution in [0.25, 0.3) is 10.9 Å². The minimum atomic E-state index is -0.976. The Balaban J connectivity index is 1.57. The minimum absolute atomic E-state index is 0.418. The van der Waals surface area contributed by atoms with E-state index in [-0.39, 0.29) is 0 Å². The number of nitrogens with one attached hydrogen (secondary N) is 1. The number of hydrogen-bond acceptors (Lipinski definition) is 5. The van der Waals surface area contributed by atoms with Crippen LogP contribution in [0.4, 0.5) is 0 Å². The summed E-state index contributed by atoms with van der Waals surface area (Å²) in [6.07, 6.45) is 6.90. The van der Waals surface area contributed by atoms with Crippen molar-refractivity contribution in [2.24, 2.45) is 0 Å². The highest BCUT2D eigenvalue weighted by Gasteiger charge is 2.36. The number of amides is 1. The molecule has 1 N–H and O–H groups in total. The molecule has 1 fully saturated rings. The van der Waals surface area contributed by atoms with Gasteiger partial charge < -0.3 is 10.1 Å². The van der Waals surface area contributed by atoms with Crippen molar-refractivity contribution < 1.29 is 14.3 Å². The van der Waals surface area contributed by atoms with Crippen LogP contribution in [0.15, 0.2) is 24.3 Å². The third-order valence-corrected chi connectivity index (χ3v) is 6.31. The van der Waals surface area contributed by atoms with Gasteiger partial charge in [-0.05, 0) is 57.1 Å². The van der Waals surface area contributed by atoms with Crippen LogP contribution in [-0.2, 0) is 22.4 Å². The second-order valence-corrected chi connectivity index (χ2v) is 8.43. The van der Waals surface area contributed by atoms with Crippen molar-refractivity contribution in [2.45, 2.75) is 76.4 Å². The molecule has 1 amide bonds. The molecule has 30 heavy (non-hydrogen) atoms. The fourth-order valence-corrected chi connectivity index (χ4v) is 4.64. The van der Waals surface area contributed by atoms with Crippen LogP contribution in [-0.4, -0.2) is 28.5 Å². The molecule has 1 heterocycles. The van der Waals surface area contributed by atoms with Crippen molar-refractivity contribution in [3.8, 4) is 6.07 Å². The van der Waals surface area contributed by atoms with E-state index in [1.165, 1.54) is 0 Å². The zero-order valence-corrected chi connectivity index (χ0v) is 17.4. The van der Waals surface area contributed by atoms with Crippen molar-refractivity contribution in [2.75, 3.05) is 0 Å². The third kappa shape index (κ3) is 3.89. The summed E-state index contributed by atoms with van der Waals surface area (Å²) in [6.45, 7) is 1.57. The monoisotopic (exact) mass is 405 g/mol. The van der Waals surface area contributed by atoms with Gasteiger partial charge in [-0.3, -0.25) is 9.78 Å². The van der Waals surface area contributed by atoms with Gasteiger partial charge in [0, 0.05) is 11.1 Å². The molecule has 0 bridgehead atoms. The Hall–Kier alpha value is -2.94. The molecule has 0 radical (unpaired) electrons. The quantitative estimate of drug-likeness (QED) is 0.776. The normalized spacial score (nSPS) is 18.7. The van der Waals surface area contributed by atoms with E-state index in [4.69, 9.17) is 9.72 Å². The molecule has 4 rings (SSSR count). The van der Waals surface area contributed by atoms with Crippen LogP contribution in [0.2, 0.25) is 0 Å². The fourth-order valence-electron chi connectivity index (χ4n) is 4.64. The number of esters is 1. The highest BCUT2D eigenvalue weighted by Crippen LogP contribution is 2.30.